The number of rotatable bonds is 3. The molecule has 0 saturated carbocycles. The minimum absolute atomic E-state index is 0.0701. The first-order valence-electron chi connectivity index (χ1n) is 6.80. The van der Waals surface area contributed by atoms with Crippen LogP contribution in [0.2, 0.25) is 0 Å². The molecule has 1 aromatic rings. The van der Waals surface area contributed by atoms with Crippen molar-refractivity contribution >= 4 is 5.97 Å². The minimum atomic E-state index is -0.748. The van der Waals surface area contributed by atoms with Crippen LogP contribution in [0.15, 0.2) is 10.6 Å². The van der Waals surface area contributed by atoms with E-state index in [1.807, 2.05) is 4.90 Å². The van der Waals surface area contributed by atoms with Crippen molar-refractivity contribution in [1.82, 2.24) is 9.88 Å². The summed E-state index contributed by atoms with van der Waals surface area (Å²) in [5.74, 6) is 0.701. The second kappa shape index (κ2) is 5.33. The van der Waals surface area contributed by atoms with E-state index in [4.69, 9.17) is 4.42 Å². The maximum atomic E-state index is 11.2. The van der Waals surface area contributed by atoms with Gasteiger partial charge in [0.1, 0.15) is 11.8 Å². The molecule has 0 radical (unpaired) electrons. The Morgan fingerprint density at radius 1 is 1.53 bits per heavy atom. The first-order valence-corrected chi connectivity index (χ1v) is 6.80. The van der Waals surface area contributed by atoms with Crippen LogP contribution in [-0.2, 0) is 16.8 Å². The first-order chi connectivity index (χ1) is 8.88. The molecule has 2 rings (SSSR count). The molecule has 1 fully saturated rings. The second-order valence-corrected chi connectivity index (χ2v) is 6.19. The Labute approximate surface area is 113 Å². The summed E-state index contributed by atoms with van der Waals surface area (Å²) in [6.45, 7) is 7.48. The fraction of sp³-hybridized carbons (Fsp3) is 0.714. The number of hydrogen-bond donors (Lipinski definition) is 1. The minimum Gasteiger partial charge on any atom is -0.480 e. The van der Waals surface area contributed by atoms with Gasteiger partial charge in [-0.3, -0.25) is 9.69 Å². The first kappa shape index (κ1) is 14.1. The lowest BCUT2D eigenvalue weighted by Crippen LogP contribution is -2.44. The maximum Gasteiger partial charge on any atom is 0.320 e. The molecule has 19 heavy (non-hydrogen) atoms. The summed E-state index contributed by atoms with van der Waals surface area (Å²) in [6, 6.07) is -0.404. The van der Waals surface area contributed by atoms with Gasteiger partial charge in [-0.2, -0.15) is 0 Å². The smallest absolute Gasteiger partial charge is 0.320 e. The van der Waals surface area contributed by atoms with Gasteiger partial charge >= 0.3 is 5.97 Å². The van der Waals surface area contributed by atoms with Crippen LogP contribution in [0, 0.1) is 0 Å². The maximum absolute atomic E-state index is 11.2. The lowest BCUT2D eigenvalue weighted by Gasteiger charge is -2.31. The molecule has 5 nitrogen and oxygen atoms in total. The van der Waals surface area contributed by atoms with Gasteiger partial charge in [0.05, 0.1) is 12.7 Å². The number of hydrogen-bond acceptors (Lipinski definition) is 4. The number of aliphatic carboxylic acids is 1. The van der Waals surface area contributed by atoms with E-state index in [-0.39, 0.29) is 5.41 Å². The zero-order valence-electron chi connectivity index (χ0n) is 11.8. The van der Waals surface area contributed by atoms with Gasteiger partial charge < -0.3 is 9.52 Å². The van der Waals surface area contributed by atoms with Gasteiger partial charge in [0.25, 0.3) is 0 Å². The van der Waals surface area contributed by atoms with Crippen LogP contribution in [0.3, 0.4) is 0 Å². The van der Waals surface area contributed by atoms with Gasteiger partial charge in [0.15, 0.2) is 0 Å². The van der Waals surface area contributed by atoms with Crippen LogP contribution in [0.4, 0.5) is 0 Å². The number of carbonyl (C=O) groups is 1. The predicted octanol–water partition coefficient (Wildman–Crippen LogP) is 2.41. The van der Waals surface area contributed by atoms with Crippen LogP contribution in [0.1, 0.15) is 51.7 Å². The number of oxazole rings is 1. The van der Waals surface area contributed by atoms with Gasteiger partial charge in [0.2, 0.25) is 5.89 Å². The lowest BCUT2D eigenvalue weighted by atomic mass is 9.94. The van der Waals surface area contributed by atoms with E-state index >= 15 is 0 Å². The number of piperidine rings is 1. The average molecular weight is 266 g/mol. The highest BCUT2D eigenvalue weighted by Crippen LogP contribution is 2.24. The molecule has 0 amide bonds. The van der Waals surface area contributed by atoms with E-state index in [1.165, 1.54) is 0 Å². The zero-order valence-corrected chi connectivity index (χ0v) is 11.8. The standard InChI is InChI=1S/C14H22N2O3/c1-14(2,3)11-8-15-12(19-11)9-16-7-5-4-6-10(16)13(17)18/h8,10H,4-7,9H2,1-3H3,(H,17,18). The molecule has 0 aromatic carbocycles. The van der Waals surface area contributed by atoms with Gasteiger partial charge in [-0.05, 0) is 19.4 Å². The lowest BCUT2D eigenvalue weighted by molar-refractivity contribution is -0.145. The molecule has 2 heterocycles. The summed E-state index contributed by atoms with van der Waals surface area (Å²) in [4.78, 5) is 17.4. The highest BCUT2D eigenvalue weighted by molar-refractivity contribution is 5.73. The van der Waals surface area contributed by atoms with Gasteiger partial charge in [-0.15, -0.1) is 0 Å². The van der Waals surface area contributed by atoms with Gasteiger partial charge in [0, 0.05) is 5.41 Å². The number of nitrogens with zero attached hydrogens (tertiary/aromatic N) is 2. The van der Waals surface area contributed by atoms with Gasteiger partial charge in [-0.1, -0.05) is 27.2 Å². The summed E-state index contributed by atoms with van der Waals surface area (Å²) >= 11 is 0. The van der Waals surface area contributed by atoms with E-state index in [9.17, 15) is 9.90 Å². The molecule has 0 aliphatic carbocycles. The molecule has 106 valence electrons. The fourth-order valence-corrected chi connectivity index (χ4v) is 2.36. The summed E-state index contributed by atoms with van der Waals surface area (Å²) in [5, 5.41) is 9.23. The molecule has 5 heteroatoms. The summed E-state index contributed by atoms with van der Waals surface area (Å²) in [7, 11) is 0. The number of likely N-dealkylation sites (tertiary alicyclic amines) is 1. The normalized spacial score (nSPS) is 21.5. The Kier molecular flexibility index (Phi) is 3.94. The Morgan fingerprint density at radius 2 is 2.26 bits per heavy atom. The molecule has 1 aliphatic heterocycles. The van der Waals surface area contributed by atoms with E-state index < -0.39 is 12.0 Å². The molecule has 1 aromatic heterocycles. The SMILES string of the molecule is CC(C)(C)c1cnc(CN2CCCCC2C(=O)O)o1. The van der Waals surface area contributed by atoms with Crippen LogP contribution in [0.5, 0.6) is 0 Å². The average Bonchev–Trinajstić information content (AvgIpc) is 2.77. The predicted molar refractivity (Wildman–Crippen MR) is 70.9 cm³/mol. The van der Waals surface area contributed by atoms with Crippen molar-refractivity contribution in [3.8, 4) is 0 Å². The second-order valence-electron chi connectivity index (χ2n) is 6.19. The van der Waals surface area contributed by atoms with Crippen molar-refractivity contribution in [2.75, 3.05) is 6.54 Å². The molecule has 1 saturated heterocycles. The Morgan fingerprint density at radius 3 is 2.84 bits per heavy atom. The molecule has 1 aliphatic rings. The van der Waals surface area contributed by atoms with Crippen molar-refractivity contribution < 1.29 is 14.3 Å². The van der Waals surface area contributed by atoms with E-state index in [0.717, 1.165) is 25.1 Å². The Bertz CT molecular complexity index is 448. The third kappa shape index (κ3) is 3.35. The number of aromatic nitrogens is 1. The van der Waals surface area contributed by atoms with Gasteiger partial charge in [-0.25, -0.2) is 4.98 Å². The summed E-state index contributed by atoms with van der Waals surface area (Å²) in [5.41, 5.74) is -0.0701. The fourth-order valence-electron chi connectivity index (χ4n) is 2.36. The van der Waals surface area contributed by atoms with Crippen LogP contribution >= 0.6 is 0 Å². The summed E-state index contributed by atoms with van der Waals surface area (Å²) < 4.78 is 5.73. The zero-order chi connectivity index (χ0) is 14.0. The molecule has 1 atom stereocenters. The van der Waals surface area contributed by atoms with Crippen LogP contribution in [0.25, 0.3) is 0 Å². The molecule has 0 bridgehead atoms. The molecular weight excluding hydrogens is 244 g/mol. The van der Waals surface area contributed by atoms with E-state index in [1.54, 1.807) is 6.20 Å². The summed E-state index contributed by atoms with van der Waals surface area (Å²) in [6.07, 6.45) is 4.47. The van der Waals surface area contributed by atoms with Crippen LogP contribution < -0.4 is 0 Å². The van der Waals surface area contributed by atoms with Crippen molar-refractivity contribution in [1.29, 1.82) is 0 Å². The number of carboxylic acids is 1. The highest BCUT2D eigenvalue weighted by atomic mass is 16.4. The Hall–Kier alpha value is -1.36. The molecule has 1 unspecified atom stereocenters. The monoisotopic (exact) mass is 266 g/mol. The van der Waals surface area contributed by atoms with Crippen molar-refractivity contribution in [2.24, 2.45) is 0 Å². The van der Waals surface area contributed by atoms with Crippen molar-refractivity contribution in [3.63, 3.8) is 0 Å². The van der Waals surface area contributed by atoms with E-state index in [0.29, 0.717) is 18.9 Å². The van der Waals surface area contributed by atoms with Crippen molar-refractivity contribution in [3.05, 3.63) is 17.8 Å². The number of carboxylic acid groups (broad SMARTS) is 1. The highest BCUT2D eigenvalue weighted by Gasteiger charge is 2.29. The topological polar surface area (TPSA) is 66.6 Å². The molecule has 0 spiro atoms. The Balaban J connectivity index is 2.07. The third-order valence-corrected chi connectivity index (χ3v) is 3.53. The molecule has 1 N–H and O–H groups in total. The third-order valence-electron chi connectivity index (χ3n) is 3.53. The quantitative estimate of drug-likeness (QED) is 0.910. The van der Waals surface area contributed by atoms with Crippen LogP contribution in [-0.4, -0.2) is 33.5 Å². The molecular formula is C14H22N2O3. The van der Waals surface area contributed by atoms with E-state index in [2.05, 4.69) is 25.8 Å². The van der Waals surface area contributed by atoms with Crippen molar-refractivity contribution in [2.45, 2.75) is 58.0 Å². The largest absolute Gasteiger partial charge is 0.480 e.